The van der Waals surface area contributed by atoms with Gasteiger partial charge in [0.15, 0.2) is 5.82 Å². The largest absolute Gasteiger partial charge is 0.495 e. The van der Waals surface area contributed by atoms with Gasteiger partial charge in [0.1, 0.15) is 10.8 Å². The molecule has 1 aromatic heterocycles. The number of hydrogen-bond donors (Lipinski definition) is 2. The molecule has 0 atom stereocenters. The maximum atomic E-state index is 6.34. The zero-order valence-corrected chi connectivity index (χ0v) is 19.9. The number of aryl methyl sites for hydroxylation is 2. The third kappa shape index (κ3) is 4.92. The van der Waals surface area contributed by atoms with Crippen LogP contribution in [-0.2, 0) is 5.54 Å². The minimum absolute atomic E-state index is 0.142. The van der Waals surface area contributed by atoms with Gasteiger partial charge in [0, 0.05) is 11.2 Å². The molecule has 0 unspecified atom stereocenters. The van der Waals surface area contributed by atoms with Crippen LogP contribution in [0.3, 0.4) is 0 Å². The van der Waals surface area contributed by atoms with E-state index in [1.165, 1.54) is 5.56 Å². The molecule has 2 N–H and O–H groups in total. The Balaban J connectivity index is 1.94. The van der Waals surface area contributed by atoms with Crippen molar-refractivity contribution in [3.63, 3.8) is 0 Å². The van der Waals surface area contributed by atoms with Crippen LogP contribution in [0, 0.1) is 13.8 Å². The van der Waals surface area contributed by atoms with Gasteiger partial charge < -0.3 is 20.3 Å². The zero-order valence-electron chi connectivity index (χ0n) is 19.2. The topological polar surface area (TPSA) is 62.3 Å². The van der Waals surface area contributed by atoms with E-state index in [0.717, 1.165) is 28.3 Å². The Kier molecular flexibility index (Phi) is 6.72. The molecule has 0 amide bonds. The molecular weight excluding hydrogens is 410 g/mol. The van der Waals surface area contributed by atoms with E-state index in [1.54, 1.807) is 13.3 Å². The number of hydrogen-bond acceptors (Lipinski definition) is 6. The standard InChI is InChI=1S/C24H30ClN5O/c1-15-10-8-9-11-19(15)27-22-18(25)14-26-23(29-22)28-20-12-16(2)17(13-21(20)31-7)24(3,4)30(5)6/h8-14H,1-7H3,(H2,26,27,28,29). The minimum Gasteiger partial charge on any atom is -0.495 e. The Labute approximate surface area is 189 Å². The van der Waals surface area contributed by atoms with Crippen molar-refractivity contribution < 1.29 is 4.74 Å². The number of para-hydroxylation sites is 1. The van der Waals surface area contributed by atoms with Gasteiger partial charge in [-0.05, 0) is 76.7 Å². The van der Waals surface area contributed by atoms with Gasteiger partial charge in [0.25, 0.3) is 0 Å². The molecule has 31 heavy (non-hydrogen) atoms. The van der Waals surface area contributed by atoms with Crippen LogP contribution in [0.4, 0.5) is 23.1 Å². The molecule has 1 heterocycles. The van der Waals surface area contributed by atoms with Gasteiger partial charge in [-0.25, -0.2) is 4.98 Å². The average molecular weight is 440 g/mol. The monoisotopic (exact) mass is 439 g/mol. The highest BCUT2D eigenvalue weighted by molar-refractivity contribution is 6.32. The summed E-state index contributed by atoms with van der Waals surface area (Å²) in [5, 5.41) is 7.01. The molecule has 7 heteroatoms. The molecule has 2 aromatic carbocycles. The molecule has 3 rings (SSSR count). The summed E-state index contributed by atoms with van der Waals surface area (Å²) in [4.78, 5) is 11.1. The van der Waals surface area contributed by atoms with Gasteiger partial charge in [0.05, 0.1) is 19.0 Å². The van der Waals surface area contributed by atoms with Crippen LogP contribution in [0.5, 0.6) is 5.75 Å². The van der Waals surface area contributed by atoms with Crippen LogP contribution < -0.4 is 15.4 Å². The highest BCUT2D eigenvalue weighted by atomic mass is 35.5. The number of aromatic nitrogens is 2. The van der Waals surface area contributed by atoms with Crippen LogP contribution in [0.25, 0.3) is 0 Å². The van der Waals surface area contributed by atoms with Gasteiger partial charge in [-0.1, -0.05) is 29.8 Å². The lowest BCUT2D eigenvalue weighted by Gasteiger charge is -2.35. The third-order valence-corrected chi connectivity index (χ3v) is 5.99. The van der Waals surface area contributed by atoms with E-state index >= 15 is 0 Å². The van der Waals surface area contributed by atoms with Crippen LogP contribution >= 0.6 is 11.6 Å². The molecule has 0 saturated carbocycles. The van der Waals surface area contributed by atoms with E-state index in [0.29, 0.717) is 16.8 Å². The number of nitrogens with zero attached hydrogens (tertiary/aromatic N) is 3. The maximum Gasteiger partial charge on any atom is 0.229 e. The van der Waals surface area contributed by atoms with Crippen molar-refractivity contribution in [2.45, 2.75) is 33.2 Å². The van der Waals surface area contributed by atoms with Crippen molar-refractivity contribution in [3.05, 3.63) is 64.3 Å². The Bertz CT molecular complexity index is 1080. The summed E-state index contributed by atoms with van der Waals surface area (Å²) < 4.78 is 5.68. The summed E-state index contributed by atoms with van der Waals surface area (Å²) in [5.41, 5.74) is 5.04. The molecule has 0 radical (unpaired) electrons. The summed E-state index contributed by atoms with van der Waals surface area (Å²) in [6.07, 6.45) is 1.58. The SMILES string of the molecule is COc1cc(C(C)(C)N(C)C)c(C)cc1Nc1ncc(Cl)c(Nc2ccccc2C)n1. The lowest BCUT2D eigenvalue weighted by atomic mass is 9.88. The van der Waals surface area contributed by atoms with Crippen molar-refractivity contribution >= 4 is 34.7 Å². The molecule has 0 bridgehead atoms. The van der Waals surface area contributed by atoms with Crippen molar-refractivity contribution in [1.29, 1.82) is 0 Å². The maximum absolute atomic E-state index is 6.34. The van der Waals surface area contributed by atoms with Crippen molar-refractivity contribution in [3.8, 4) is 5.75 Å². The first-order valence-electron chi connectivity index (χ1n) is 10.1. The normalized spacial score (nSPS) is 11.5. The molecule has 6 nitrogen and oxygen atoms in total. The number of anilines is 4. The van der Waals surface area contributed by atoms with Crippen molar-refractivity contribution in [2.24, 2.45) is 0 Å². The van der Waals surface area contributed by atoms with Crippen LogP contribution in [0.2, 0.25) is 5.02 Å². The number of nitrogens with one attached hydrogen (secondary N) is 2. The number of ether oxygens (including phenoxy) is 1. The van der Waals surface area contributed by atoms with Crippen molar-refractivity contribution in [2.75, 3.05) is 31.8 Å². The molecule has 164 valence electrons. The van der Waals surface area contributed by atoms with E-state index < -0.39 is 0 Å². The van der Waals surface area contributed by atoms with Crippen LogP contribution in [0.15, 0.2) is 42.6 Å². The van der Waals surface area contributed by atoms with Gasteiger partial charge in [-0.2, -0.15) is 4.98 Å². The van der Waals surface area contributed by atoms with Gasteiger partial charge in [-0.3, -0.25) is 0 Å². The van der Waals surface area contributed by atoms with Crippen LogP contribution in [-0.4, -0.2) is 36.1 Å². The smallest absolute Gasteiger partial charge is 0.229 e. The van der Waals surface area contributed by atoms with Crippen molar-refractivity contribution in [1.82, 2.24) is 14.9 Å². The fourth-order valence-electron chi connectivity index (χ4n) is 3.33. The number of benzene rings is 2. The molecule has 0 aliphatic rings. The van der Waals surface area contributed by atoms with E-state index in [9.17, 15) is 0 Å². The molecule has 0 fully saturated rings. The first-order valence-corrected chi connectivity index (χ1v) is 10.5. The summed E-state index contributed by atoms with van der Waals surface area (Å²) >= 11 is 6.34. The fourth-order valence-corrected chi connectivity index (χ4v) is 3.47. The van der Waals surface area contributed by atoms with Gasteiger partial charge >= 0.3 is 0 Å². The molecule has 0 aliphatic carbocycles. The lowest BCUT2D eigenvalue weighted by molar-refractivity contribution is 0.196. The fraction of sp³-hybridized carbons (Fsp3) is 0.333. The van der Waals surface area contributed by atoms with E-state index in [2.05, 4.69) is 72.5 Å². The van der Waals surface area contributed by atoms with Gasteiger partial charge in [0.2, 0.25) is 5.95 Å². The van der Waals surface area contributed by atoms with E-state index in [-0.39, 0.29) is 5.54 Å². The predicted octanol–water partition coefficient (Wildman–Crippen LogP) is 6.04. The second-order valence-electron chi connectivity index (χ2n) is 8.28. The third-order valence-electron chi connectivity index (χ3n) is 5.71. The quantitative estimate of drug-likeness (QED) is 0.468. The highest BCUT2D eigenvalue weighted by Gasteiger charge is 2.26. The minimum atomic E-state index is -0.142. The zero-order chi connectivity index (χ0) is 22.8. The van der Waals surface area contributed by atoms with Gasteiger partial charge in [-0.15, -0.1) is 0 Å². The van der Waals surface area contributed by atoms with Crippen LogP contribution in [0.1, 0.15) is 30.5 Å². The number of methoxy groups -OCH3 is 1. The first kappa shape index (κ1) is 22.8. The Morgan fingerprint density at radius 2 is 1.71 bits per heavy atom. The average Bonchev–Trinajstić information content (AvgIpc) is 2.72. The summed E-state index contributed by atoms with van der Waals surface area (Å²) in [6.45, 7) is 8.50. The lowest BCUT2D eigenvalue weighted by Crippen LogP contribution is -2.36. The Morgan fingerprint density at radius 1 is 1.00 bits per heavy atom. The molecule has 0 saturated heterocycles. The number of rotatable bonds is 7. The predicted molar refractivity (Wildman–Crippen MR) is 129 cm³/mol. The molecule has 0 spiro atoms. The van der Waals surface area contributed by atoms with E-state index in [1.807, 2.05) is 31.2 Å². The van der Waals surface area contributed by atoms with E-state index in [4.69, 9.17) is 16.3 Å². The molecular formula is C24H30ClN5O. The number of halogens is 1. The first-order chi connectivity index (χ1) is 14.6. The Morgan fingerprint density at radius 3 is 2.35 bits per heavy atom. The molecule has 0 aliphatic heterocycles. The Hall–Kier alpha value is -2.83. The highest BCUT2D eigenvalue weighted by Crippen LogP contribution is 2.37. The summed E-state index contributed by atoms with van der Waals surface area (Å²) in [5.74, 6) is 1.69. The summed E-state index contributed by atoms with van der Waals surface area (Å²) in [6, 6.07) is 12.1. The second-order valence-corrected chi connectivity index (χ2v) is 8.68. The molecule has 3 aromatic rings. The summed E-state index contributed by atoms with van der Waals surface area (Å²) in [7, 11) is 5.81. The second kappa shape index (κ2) is 9.12.